The SMILES string of the molecule is CN1CCC(CNCc2nnc(-c3ccccc3)o2)CC1. The molecule has 112 valence electrons. The Bertz CT molecular complexity index is 546. The molecule has 1 N–H and O–H groups in total. The molecule has 1 fully saturated rings. The monoisotopic (exact) mass is 286 g/mol. The number of nitrogens with zero attached hydrogens (tertiary/aromatic N) is 3. The van der Waals surface area contributed by atoms with Gasteiger partial charge in [0.15, 0.2) is 0 Å². The van der Waals surface area contributed by atoms with Crippen molar-refractivity contribution < 1.29 is 4.42 Å². The Labute approximate surface area is 125 Å². The number of rotatable bonds is 5. The van der Waals surface area contributed by atoms with Crippen molar-refractivity contribution in [3.63, 3.8) is 0 Å². The molecule has 0 amide bonds. The maximum atomic E-state index is 5.68. The number of benzene rings is 1. The molecule has 2 heterocycles. The molecule has 1 aliphatic heterocycles. The predicted molar refractivity (Wildman–Crippen MR) is 81.7 cm³/mol. The van der Waals surface area contributed by atoms with Gasteiger partial charge in [0, 0.05) is 5.56 Å². The van der Waals surface area contributed by atoms with Gasteiger partial charge in [-0.25, -0.2) is 0 Å². The van der Waals surface area contributed by atoms with E-state index in [2.05, 4.69) is 27.5 Å². The molecule has 0 spiro atoms. The van der Waals surface area contributed by atoms with E-state index >= 15 is 0 Å². The van der Waals surface area contributed by atoms with Crippen LogP contribution in [0, 0.1) is 5.92 Å². The van der Waals surface area contributed by atoms with Gasteiger partial charge < -0.3 is 14.6 Å². The average molecular weight is 286 g/mol. The van der Waals surface area contributed by atoms with Crippen LogP contribution in [0.1, 0.15) is 18.7 Å². The Morgan fingerprint density at radius 3 is 2.71 bits per heavy atom. The van der Waals surface area contributed by atoms with Crippen molar-refractivity contribution in [1.82, 2.24) is 20.4 Å². The van der Waals surface area contributed by atoms with Gasteiger partial charge in [-0.1, -0.05) is 18.2 Å². The first-order chi connectivity index (χ1) is 10.3. The minimum atomic E-state index is 0.590. The molecule has 1 aromatic carbocycles. The molecule has 0 unspecified atom stereocenters. The highest BCUT2D eigenvalue weighted by Crippen LogP contribution is 2.17. The van der Waals surface area contributed by atoms with E-state index in [1.165, 1.54) is 25.9 Å². The Balaban J connectivity index is 1.47. The van der Waals surface area contributed by atoms with Gasteiger partial charge in [0.1, 0.15) is 0 Å². The van der Waals surface area contributed by atoms with Gasteiger partial charge in [-0.3, -0.25) is 0 Å². The lowest BCUT2D eigenvalue weighted by molar-refractivity contribution is 0.215. The summed E-state index contributed by atoms with van der Waals surface area (Å²) in [7, 11) is 2.19. The van der Waals surface area contributed by atoms with Gasteiger partial charge in [-0.15, -0.1) is 10.2 Å². The van der Waals surface area contributed by atoms with Crippen LogP contribution < -0.4 is 5.32 Å². The van der Waals surface area contributed by atoms with Crippen molar-refractivity contribution >= 4 is 0 Å². The Morgan fingerprint density at radius 2 is 1.95 bits per heavy atom. The van der Waals surface area contributed by atoms with Gasteiger partial charge in [-0.2, -0.15) is 0 Å². The molecule has 1 saturated heterocycles. The highest BCUT2D eigenvalue weighted by molar-refractivity contribution is 5.51. The summed E-state index contributed by atoms with van der Waals surface area (Å²) in [6, 6.07) is 9.87. The second-order valence-corrected chi connectivity index (χ2v) is 5.74. The van der Waals surface area contributed by atoms with Gasteiger partial charge in [0.2, 0.25) is 11.8 Å². The van der Waals surface area contributed by atoms with E-state index < -0.39 is 0 Å². The molecule has 21 heavy (non-hydrogen) atoms. The standard InChI is InChI=1S/C16H22N4O/c1-20-9-7-13(8-10-20)11-17-12-15-18-19-16(21-15)14-5-3-2-4-6-14/h2-6,13,17H,7-12H2,1H3. The Morgan fingerprint density at radius 1 is 1.19 bits per heavy atom. The zero-order chi connectivity index (χ0) is 14.5. The number of piperidine rings is 1. The summed E-state index contributed by atoms with van der Waals surface area (Å²) < 4.78 is 5.68. The first kappa shape index (κ1) is 14.2. The number of hydrogen-bond donors (Lipinski definition) is 1. The number of likely N-dealkylation sites (tertiary alicyclic amines) is 1. The highest BCUT2D eigenvalue weighted by Gasteiger charge is 2.16. The van der Waals surface area contributed by atoms with Crippen molar-refractivity contribution in [3.05, 3.63) is 36.2 Å². The largest absolute Gasteiger partial charge is 0.419 e. The highest BCUT2D eigenvalue weighted by atomic mass is 16.4. The normalized spacial score (nSPS) is 17.2. The molecule has 2 aromatic rings. The van der Waals surface area contributed by atoms with Crippen LogP contribution in [0.5, 0.6) is 0 Å². The molecule has 5 heteroatoms. The van der Waals surface area contributed by atoms with Crippen molar-refractivity contribution in [3.8, 4) is 11.5 Å². The second kappa shape index (κ2) is 6.83. The smallest absolute Gasteiger partial charge is 0.247 e. The fourth-order valence-corrected chi connectivity index (χ4v) is 2.67. The fraction of sp³-hybridized carbons (Fsp3) is 0.500. The van der Waals surface area contributed by atoms with Crippen LogP contribution in [0.2, 0.25) is 0 Å². The third-order valence-corrected chi connectivity index (χ3v) is 4.03. The summed E-state index contributed by atoms with van der Waals surface area (Å²) in [5.41, 5.74) is 0.964. The topological polar surface area (TPSA) is 54.2 Å². The van der Waals surface area contributed by atoms with Crippen LogP contribution in [0.3, 0.4) is 0 Å². The summed E-state index contributed by atoms with van der Waals surface area (Å²) in [4.78, 5) is 2.39. The summed E-state index contributed by atoms with van der Waals surface area (Å²) >= 11 is 0. The molecule has 0 radical (unpaired) electrons. The summed E-state index contributed by atoms with van der Waals surface area (Å²) in [6.45, 7) is 4.07. The lowest BCUT2D eigenvalue weighted by atomic mass is 9.97. The molecule has 1 aliphatic rings. The molecule has 0 aliphatic carbocycles. The quantitative estimate of drug-likeness (QED) is 0.913. The van der Waals surface area contributed by atoms with Crippen molar-refractivity contribution in [2.75, 3.05) is 26.7 Å². The van der Waals surface area contributed by atoms with E-state index in [0.717, 1.165) is 18.0 Å². The minimum Gasteiger partial charge on any atom is -0.419 e. The summed E-state index contributed by atoms with van der Waals surface area (Å²) in [5.74, 6) is 2.01. The van der Waals surface area contributed by atoms with Crippen LogP contribution in [0.4, 0.5) is 0 Å². The van der Waals surface area contributed by atoms with Gasteiger partial charge in [0.25, 0.3) is 0 Å². The maximum Gasteiger partial charge on any atom is 0.247 e. The predicted octanol–water partition coefficient (Wildman–Crippen LogP) is 2.17. The van der Waals surface area contributed by atoms with Crippen LogP contribution >= 0.6 is 0 Å². The van der Waals surface area contributed by atoms with E-state index in [4.69, 9.17) is 4.42 Å². The molecular formula is C16H22N4O. The maximum absolute atomic E-state index is 5.68. The van der Waals surface area contributed by atoms with Crippen LogP contribution in [0.25, 0.3) is 11.5 Å². The van der Waals surface area contributed by atoms with Crippen molar-refractivity contribution in [2.24, 2.45) is 5.92 Å². The van der Waals surface area contributed by atoms with Crippen LogP contribution in [-0.2, 0) is 6.54 Å². The zero-order valence-electron chi connectivity index (χ0n) is 12.5. The molecule has 3 rings (SSSR count). The lowest BCUT2D eigenvalue weighted by Crippen LogP contribution is -2.34. The minimum absolute atomic E-state index is 0.590. The van der Waals surface area contributed by atoms with E-state index in [1.54, 1.807) is 0 Å². The third kappa shape index (κ3) is 3.89. The number of hydrogen-bond acceptors (Lipinski definition) is 5. The van der Waals surface area contributed by atoms with Gasteiger partial charge >= 0.3 is 0 Å². The molecule has 1 aromatic heterocycles. The van der Waals surface area contributed by atoms with Gasteiger partial charge in [0.05, 0.1) is 6.54 Å². The van der Waals surface area contributed by atoms with Crippen molar-refractivity contribution in [2.45, 2.75) is 19.4 Å². The first-order valence-corrected chi connectivity index (χ1v) is 7.58. The third-order valence-electron chi connectivity index (χ3n) is 4.03. The molecular weight excluding hydrogens is 264 g/mol. The average Bonchev–Trinajstić information content (AvgIpc) is 2.99. The number of nitrogens with one attached hydrogen (secondary N) is 1. The van der Waals surface area contributed by atoms with E-state index in [0.29, 0.717) is 18.3 Å². The molecule has 0 bridgehead atoms. The van der Waals surface area contributed by atoms with Crippen LogP contribution in [-0.4, -0.2) is 41.8 Å². The van der Waals surface area contributed by atoms with E-state index in [1.807, 2.05) is 30.3 Å². The number of aromatic nitrogens is 2. The van der Waals surface area contributed by atoms with Gasteiger partial charge in [-0.05, 0) is 57.6 Å². The lowest BCUT2D eigenvalue weighted by Gasteiger charge is -2.28. The first-order valence-electron chi connectivity index (χ1n) is 7.58. The van der Waals surface area contributed by atoms with E-state index in [-0.39, 0.29) is 0 Å². The molecule has 0 atom stereocenters. The fourth-order valence-electron chi connectivity index (χ4n) is 2.67. The zero-order valence-corrected chi connectivity index (χ0v) is 12.5. The summed E-state index contributed by atoms with van der Waals surface area (Å²) in [6.07, 6.45) is 2.53. The molecule has 5 nitrogen and oxygen atoms in total. The van der Waals surface area contributed by atoms with Crippen molar-refractivity contribution in [1.29, 1.82) is 0 Å². The summed E-state index contributed by atoms with van der Waals surface area (Å²) in [5, 5.41) is 11.6. The molecule has 0 saturated carbocycles. The second-order valence-electron chi connectivity index (χ2n) is 5.74. The van der Waals surface area contributed by atoms with Crippen LogP contribution in [0.15, 0.2) is 34.7 Å². The Hall–Kier alpha value is -1.72. The Kier molecular flexibility index (Phi) is 4.62. The van der Waals surface area contributed by atoms with E-state index in [9.17, 15) is 0 Å².